The van der Waals surface area contributed by atoms with E-state index in [1.54, 1.807) is 11.9 Å². The molecule has 2 aliphatic rings. The van der Waals surface area contributed by atoms with Crippen LogP contribution in [0.25, 0.3) is 0 Å². The van der Waals surface area contributed by atoms with Crippen molar-refractivity contribution in [3.8, 4) is 0 Å². The molecule has 23 heavy (non-hydrogen) atoms. The van der Waals surface area contributed by atoms with Crippen LogP contribution in [0.4, 0.5) is 5.69 Å². The van der Waals surface area contributed by atoms with E-state index in [1.165, 1.54) is 0 Å². The van der Waals surface area contributed by atoms with Crippen LogP contribution in [0.3, 0.4) is 0 Å². The van der Waals surface area contributed by atoms with E-state index < -0.39 is 0 Å². The van der Waals surface area contributed by atoms with Gasteiger partial charge in [-0.1, -0.05) is 11.6 Å². The predicted molar refractivity (Wildman–Crippen MR) is 90.5 cm³/mol. The number of carbonyl (C=O) groups is 2. The van der Waals surface area contributed by atoms with Crippen LogP contribution in [0.5, 0.6) is 0 Å². The number of hydrogen-bond donors (Lipinski definition) is 2. The SMILES string of the molecule is Cc1ccc2c(c1)C(=O)N(C)C(CCC1CCNCC1)C(=O)N2. The molecule has 3 rings (SSSR count). The van der Waals surface area contributed by atoms with Crippen LogP contribution in [-0.2, 0) is 4.79 Å². The fourth-order valence-corrected chi connectivity index (χ4v) is 3.56. The maximum Gasteiger partial charge on any atom is 0.256 e. The molecule has 0 spiro atoms. The zero-order valence-electron chi connectivity index (χ0n) is 13.9. The Balaban J connectivity index is 1.75. The van der Waals surface area contributed by atoms with Crippen molar-refractivity contribution < 1.29 is 9.59 Å². The van der Waals surface area contributed by atoms with Crippen molar-refractivity contribution in [2.24, 2.45) is 5.92 Å². The number of anilines is 1. The third-order valence-electron chi connectivity index (χ3n) is 5.06. The summed E-state index contributed by atoms with van der Waals surface area (Å²) < 4.78 is 0. The number of benzene rings is 1. The molecule has 0 aromatic heterocycles. The summed E-state index contributed by atoms with van der Waals surface area (Å²) in [6.07, 6.45) is 4.04. The number of likely N-dealkylation sites (N-methyl/N-ethyl adjacent to an activating group) is 1. The summed E-state index contributed by atoms with van der Waals surface area (Å²) in [6.45, 7) is 4.07. The number of nitrogens with zero attached hydrogens (tertiary/aromatic N) is 1. The van der Waals surface area contributed by atoms with Crippen LogP contribution in [0.1, 0.15) is 41.6 Å². The van der Waals surface area contributed by atoms with Crippen LogP contribution in [-0.4, -0.2) is 42.9 Å². The summed E-state index contributed by atoms with van der Waals surface area (Å²) in [5, 5.41) is 6.30. The van der Waals surface area contributed by atoms with Crippen molar-refractivity contribution in [3.05, 3.63) is 29.3 Å². The lowest BCUT2D eigenvalue weighted by atomic mass is 9.91. The summed E-state index contributed by atoms with van der Waals surface area (Å²) >= 11 is 0. The molecular weight excluding hydrogens is 290 g/mol. The molecule has 2 heterocycles. The summed E-state index contributed by atoms with van der Waals surface area (Å²) in [5.74, 6) is 0.509. The Morgan fingerprint density at radius 3 is 2.65 bits per heavy atom. The first-order valence-electron chi connectivity index (χ1n) is 8.45. The number of piperidine rings is 1. The van der Waals surface area contributed by atoms with Crippen molar-refractivity contribution in [1.82, 2.24) is 10.2 Å². The Labute approximate surface area is 137 Å². The highest BCUT2D eigenvalue weighted by molar-refractivity contribution is 6.09. The molecule has 1 atom stereocenters. The van der Waals surface area contributed by atoms with Crippen LogP contribution >= 0.6 is 0 Å². The average molecular weight is 315 g/mol. The largest absolute Gasteiger partial charge is 0.330 e. The fourth-order valence-electron chi connectivity index (χ4n) is 3.56. The molecule has 2 aliphatic heterocycles. The predicted octanol–water partition coefficient (Wildman–Crippen LogP) is 2.17. The molecule has 5 heteroatoms. The standard InChI is InChI=1S/C18H25N3O2/c1-12-3-5-15-14(11-12)18(23)21(2)16(17(22)20-15)6-4-13-7-9-19-10-8-13/h3,5,11,13,16,19H,4,6-10H2,1-2H3,(H,20,22). The molecule has 1 aromatic rings. The highest BCUT2D eigenvalue weighted by Gasteiger charge is 2.33. The first kappa shape index (κ1) is 16.0. The summed E-state index contributed by atoms with van der Waals surface area (Å²) in [4.78, 5) is 26.9. The van der Waals surface area contributed by atoms with Crippen molar-refractivity contribution in [2.75, 3.05) is 25.5 Å². The molecule has 124 valence electrons. The van der Waals surface area contributed by atoms with Gasteiger partial charge in [0.05, 0.1) is 11.3 Å². The number of fused-ring (bicyclic) bond motifs is 1. The summed E-state index contributed by atoms with van der Waals surface area (Å²) in [7, 11) is 1.74. The number of carbonyl (C=O) groups excluding carboxylic acids is 2. The topological polar surface area (TPSA) is 61.4 Å². The Morgan fingerprint density at radius 1 is 1.17 bits per heavy atom. The zero-order valence-corrected chi connectivity index (χ0v) is 13.9. The minimum absolute atomic E-state index is 0.0719. The Kier molecular flexibility index (Phi) is 4.66. The minimum Gasteiger partial charge on any atom is -0.330 e. The zero-order chi connectivity index (χ0) is 16.4. The van der Waals surface area contributed by atoms with Gasteiger partial charge < -0.3 is 15.5 Å². The van der Waals surface area contributed by atoms with Gasteiger partial charge in [-0.2, -0.15) is 0 Å². The van der Waals surface area contributed by atoms with Gasteiger partial charge >= 0.3 is 0 Å². The molecule has 2 amide bonds. The van der Waals surface area contributed by atoms with E-state index in [4.69, 9.17) is 0 Å². The molecule has 1 unspecified atom stereocenters. The lowest BCUT2D eigenvalue weighted by Gasteiger charge is -2.28. The average Bonchev–Trinajstić information content (AvgIpc) is 2.64. The summed E-state index contributed by atoms with van der Waals surface area (Å²) in [5.41, 5.74) is 2.24. The van der Waals surface area contributed by atoms with Gasteiger partial charge in [0.15, 0.2) is 0 Å². The van der Waals surface area contributed by atoms with Gasteiger partial charge in [-0.05, 0) is 63.7 Å². The smallest absolute Gasteiger partial charge is 0.256 e. The molecule has 1 saturated heterocycles. The summed E-state index contributed by atoms with van der Waals surface area (Å²) in [6, 6.07) is 5.21. The molecule has 2 N–H and O–H groups in total. The lowest BCUT2D eigenvalue weighted by molar-refractivity contribution is -0.120. The maximum atomic E-state index is 12.7. The third-order valence-corrected chi connectivity index (χ3v) is 5.06. The first-order chi connectivity index (χ1) is 11.1. The second-order valence-corrected chi connectivity index (χ2v) is 6.74. The fraction of sp³-hybridized carbons (Fsp3) is 0.556. The molecule has 1 aromatic carbocycles. The van der Waals surface area contributed by atoms with Gasteiger partial charge in [0.1, 0.15) is 6.04 Å². The Hall–Kier alpha value is -1.88. The molecule has 0 aliphatic carbocycles. The van der Waals surface area contributed by atoms with Crippen LogP contribution < -0.4 is 10.6 Å². The molecule has 0 bridgehead atoms. The second-order valence-electron chi connectivity index (χ2n) is 6.74. The lowest BCUT2D eigenvalue weighted by Crippen LogP contribution is -2.43. The van der Waals surface area contributed by atoms with Gasteiger partial charge in [-0.3, -0.25) is 9.59 Å². The van der Waals surface area contributed by atoms with E-state index in [1.807, 2.05) is 25.1 Å². The third kappa shape index (κ3) is 3.39. The number of hydrogen-bond acceptors (Lipinski definition) is 3. The highest BCUT2D eigenvalue weighted by atomic mass is 16.2. The van der Waals surface area contributed by atoms with Crippen LogP contribution in [0, 0.1) is 12.8 Å². The van der Waals surface area contributed by atoms with Crippen molar-refractivity contribution in [3.63, 3.8) is 0 Å². The van der Waals surface area contributed by atoms with E-state index in [0.29, 0.717) is 17.2 Å². The van der Waals surface area contributed by atoms with Crippen molar-refractivity contribution in [1.29, 1.82) is 0 Å². The molecule has 1 fully saturated rings. The van der Waals surface area contributed by atoms with E-state index in [0.717, 1.165) is 44.3 Å². The van der Waals surface area contributed by atoms with Crippen molar-refractivity contribution >= 4 is 17.5 Å². The Morgan fingerprint density at radius 2 is 1.91 bits per heavy atom. The molecule has 5 nitrogen and oxygen atoms in total. The van der Waals surface area contributed by atoms with Gasteiger partial charge in [-0.15, -0.1) is 0 Å². The van der Waals surface area contributed by atoms with E-state index >= 15 is 0 Å². The molecular formula is C18H25N3O2. The molecule has 0 radical (unpaired) electrons. The van der Waals surface area contributed by atoms with Crippen LogP contribution in [0.15, 0.2) is 18.2 Å². The quantitative estimate of drug-likeness (QED) is 0.898. The Bertz CT molecular complexity index is 608. The van der Waals surface area contributed by atoms with Gasteiger partial charge in [0.2, 0.25) is 5.91 Å². The minimum atomic E-state index is -0.384. The monoisotopic (exact) mass is 315 g/mol. The van der Waals surface area contributed by atoms with Gasteiger partial charge in [0, 0.05) is 7.05 Å². The van der Waals surface area contributed by atoms with Gasteiger partial charge in [0.25, 0.3) is 5.91 Å². The number of aryl methyl sites for hydroxylation is 1. The van der Waals surface area contributed by atoms with E-state index in [-0.39, 0.29) is 17.9 Å². The van der Waals surface area contributed by atoms with E-state index in [9.17, 15) is 9.59 Å². The van der Waals surface area contributed by atoms with Crippen LogP contribution in [0.2, 0.25) is 0 Å². The highest BCUT2D eigenvalue weighted by Crippen LogP contribution is 2.27. The first-order valence-corrected chi connectivity index (χ1v) is 8.45. The number of rotatable bonds is 3. The maximum absolute atomic E-state index is 12.7. The number of amides is 2. The van der Waals surface area contributed by atoms with E-state index in [2.05, 4.69) is 10.6 Å². The second kappa shape index (κ2) is 6.71. The van der Waals surface area contributed by atoms with Crippen molar-refractivity contribution in [2.45, 2.75) is 38.6 Å². The molecule has 0 saturated carbocycles. The normalized spacial score (nSPS) is 22.5. The number of nitrogens with one attached hydrogen (secondary N) is 2. The van der Waals surface area contributed by atoms with Gasteiger partial charge in [-0.25, -0.2) is 0 Å².